The minimum absolute atomic E-state index is 0.160. The number of allylic oxidation sites excluding steroid dienone is 1. The third kappa shape index (κ3) is 5.06. The van der Waals surface area contributed by atoms with Crippen LogP contribution in [0, 0.1) is 5.92 Å². The summed E-state index contributed by atoms with van der Waals surface area (Å²) in [6.45, 7) is 0.545. The second-order valence-electron chi connectivity index (χ2n) is 4.82. The first kappa shape index (κ1) is 16.9. The fourth-order valence-electron chi connectivity index (χ4n) is 1.70. The number of rotatable bonds is 8. The molecule has 1 atom stereocenters. The molecular weight excluding hydrogens is 321 g/mol. The topological polar surface area (TPSA) is 70.7 Å². The molecule has 22 heavy (non-hydrogen) atoms. The van der Waals surface area contributed by atoms with Crippen LogP contribution in [0.4, 0.5) is 13.2 Å². The predicted octanol–water partition coefficient (Wildman–Crippen LogP) is 3.40. The third-order valence-corrected chi connectivity index (χ3v) is 4.35. The van der Waals surface area contributed by atoms with Crippen LogP contribution in [0.5, 0.6) is 0 Å². The third-order valence-electron chi connectivity index (χ3n) is 3.20. The standard InChI is InChI=1S/C13H15F3N2O3S/c14-11(12(15)16)4-5-22(19)13-17-6-10(21-13)7-18-20-8-9-2-1-3-9/h6-7,9H,1-5,8H2/b18-7+. The van der Waals surface area contributed by atoms with Crippen molar-refractivity contribution in [2.24, 2.45) is 11.1 Å². The molecule has 2 rings (SSSR count). The summed E-state index contributed by atoms with van der Waals surface area (Å²) in [5.74, 6) is -1.14. The molecule has 0 saturated heterocycles. The summed E-state index contributed by atoms with van der Waals surface area (Å²) >= 11 is -1.79. The number of hydrogen-bond acceptors (Lipinski definition) is 5. The molecule has 1 aliphatic rings. The lowest BCUT2D eigenvalue weighted by molar-refractivity contribution is 0.0766. The summed E-state index contributed by atoms with van der Waals surface area (Å²) in [6, 6.07) is 0. The highest BCUT2D eigenvalue weighted by Crippen LogP contribution is 2.26. The minimum Gasteiger partial charge on any atom is -0.608 e. The Labute approximate surface area is 128 Å². The molecule has 0 radical (unpaired) electrons. The molecule has 1 aromatic heterocycles. The second kappa shape index (κ2) is 8.23. The molecular formula is C13H15F3N2O3S. The molecule has 1 heterocycles. The summed E-state index contributed by atoms with van der Waals surface area (Å²) < 4.78 is 53.2. The van der Waals surface area contributed by atoms with Gasteiger partial charge in [0.2, 0.25) is 0 Å². The largest absolute Gasteiger partial charge is 0.608 e. The van der Waals surface area contributed by atoms with E-state index in [1.807, 2.05) is 0 Å². The van der Waals surface area contributed by atoms with Crippen molar-refractivity contribution < 1.29 is 27.0 Å². The predicted molar refractivity (Wildman–Crippen MR) is 73.6 cm³/mol. The summed E-state index contributed by atoms with van der Waals surface area (Å²) in [5, 5.41) is 3.55. The van der Waals surface area contributed by atoms with Gasteiger partial charge in [0, 0.05) is 11.2 Å². The zero-order valence-electron chi connectivity index (χ0n) is 11.6. The zero-order valence-corrected chi connectivity index (χ0v) is 12.5. The fraction of sp³-hybridized carbons (Fsp3) is 0.538. The number of halogens is 3. The maximum Gasteiger partial charge on any atom is 0.415 e. The van der Waals surface area contributed by atoms with Crippen LogP contribution in [0.2, 0.25) is 0 Å². The van der Waals surface area contributed by atoms with Gasteiger partial charge in [-0.1, -0.05) is 11.6 Å². The van der Waals surface area contributed by atoms with Gasteiger partial charge in [0.15, 0.2) is 11.6 Å². The molecule has 0 amide bonds. The van der Waals surface area contributed by atoms with E-state index in [0.717, 1.165) is 12.8 Å². The van der Waals surface area contributed by atoms with Gasteiger partial charge in [0.05, 0.1) is 12.6 Å². The summed E-state index contributed by atoms with van der Waals surface area (Å²) in [6.07, 6.45) is 3.04. The van der Waals surface area contributed by atoms with E-state index in [4.69, 9.17) is 9.25 Å². The van der Waals surface area contributed by atoms with Crippen LogP contribution in [0.15, 0.2) is 32.9 Å². The normalized spacial score (nSPS) is 16.5. The Kier molecular flexibility index (Phi) is 6.32. The van der Waals surface area contributed by atoms with Crippen LogP contribution < -0.4 is 0 Å². The molecule has 9 heteroatoms. The molecule has 0 aromatic carbocycles. The Morgan fingerprint density at radius 3 is 2.91 bits per heavy atom. The van der Waals surface area contributed by atoms with Crippen molar-refractivity contribution in [1.82, 2.24) is 4.98 Å². The lowest BCUT2D eigenvalue weighted by Crippen LogP contribution is -2.16. The van der Waals surface area contributed by atoms with Gasteiger partial charge in [0.25, 0.3) is 0 Å². The molecule has 1 aromatic rings. The Hall–Kier alpha value is -1.48. The van der Waals surface area contributed by atoms with Gasteiger partial charge in [-0.3, -0.25) is 0 Å². The Morgan fingerprint density at radius 2 is 2.27 bits per heavy atom. The van der Waals surface area contributed by atoms with Gasteiger partial charge < -0.3 is 13.8 Å². The Balaban J connectivity index is 1.77. The minimum atomic E-state index is -2.40. The second-order valence-corrected chi connectivity index (χ2v) is 6.27. The van der Waals surface area contributed by atoms with E-state index in [0.29, 0.717) is 12.5 Å². The fourth-order valence-corrected chi connectivity index (χ4v) is 2.59. The molecule has 0 N–H and O–H groups in total. The van der Waals surface area contributed by atoms with Crippen molar-refractivity contribution in [1.29, 1.82) is 0 Å². The highest BCUT2D eigenvalue weighted by molar-refractivity contribution is 7.91. The summed E-state index contributed by atoms with van der Waals surface area (Å²) in [7, 11) is 0. The number of oxime groups is 1. The average Bonchev–Trinajstić information content (AvgIpc) is 2.91. The van der Waals surface area contributed by atoms with Gasteiger partial charge in [0.1, 0.15) is 18.6 Å². The van der Waals surface area contributed by atoms with Crippen LogP contribution in [0.1, 0.15) is 31.4 Å². The van der Waals surface area contributed by atoms with E-state index in [2.05, 4.69) is 10.1 Å². The van der Waals surface area contributed by atoms with E-state index in [-0.39, 0.29) is 16.7 Å². The van der Waals surface area contributed by atoms with E-state index >= 15 is 0 Å². The van der Waals surface area contributed by atoms with Crippen LogP contribution in [-0.4, -0.2) is 28.1 Å². The monoisotopic (exact) mass is 336 g/mol. The molecule has 122 valence electrons. The maximum absolute atomic E-state index is 12.6. The molecule has 1 aliphatic carbocycles. The van der Waals surface area contributed by atoms with Crippen LogP contribution in [0.3, 0.4) is 0 Å². The molecule has 5 nitrogen and oxygen atoms in total. The average molecular weight is 336 g/mol. The van der Waals surface area contributed by atoms with Crippen LogP contribution in [-0.2, 0) is 16.0 Å². The zero-order chi connectivity index (χ0) is 15.9. The molecule has 1 unspecified atom stereocenters. The van der Waals surface area contributed by atoms with Gasteiger partial charge in [-0.2, -0.15) is 13.8 Å². The SMILES string of the molecule is [O-][S+](CCC(F)=C(F)F)c1ncc(/C=N/OCC2CCC2)o1. The molecule has 0 aliphatic heterocycles. The number of nitrogens with zero attached hydrogens (tertiary/aromatic N) is 2. The first-order valence-electron chi connectivity index (χ1n) is 6.75. The van der Waals surface area contributed by atoms with Crippen LogP contribution in [0.25, 0.3) is 0 Å². The van der Waals surface area contributed by atoms with E-state index in [1.54, 1.807) is 0 Å². The van der Waals surface area contributed by atoms with Crippen LogP contribution >= 0.6 is 0 Å². The quantitative estimate of drug-likeness (QED) is 0.414. The number of hydrogen-bond donors (Lipinski definition) is 0. The molecule has 1 fully saturated rings. The van der Waals surface area contributed by atoms with Crippen molar-refractivity contribution in [2.75, 3.05) is 12.4 Å². The molecule has 0 spiro atoms. The van der Waals surface area contributed by atoms with Crippen molar-refractivity contribution in [2.45, 2.75) is 30.9 Å². The Bertz CT molecular complexity index is 542. The highest BCUT2D eigenvalue weighted by atomic mass is 32.2. The van der Waals surface area contributed by atoms with Gasteiger partial charge >= 0.3 is 11.3 Å². The maximum atomic E-state index is 12.6. The lowest BCUT2D eigenvalue weighted by Gasteiger charge is -2.23. The van der Waals surface area contributed by atoms with Crippen molar-refractivity contribution >= 4 is 17.4 Å². The van der Waals surface area contributed by atoms with E-state index in [9.17, 15) is 17.7 Å². The van der Waals surface area contributed by atoms with Crippen molar-refractivity contribution in [3.63, 3.8) is 0 Å². The first-order valence-corrected chi connectivity index (χ1v) is 8.07. The van der Waals surface area contributed by atoms with Gasteiger partial charge in [-0.05, 0) is 18.8 Å². The summed E-state index contributed by atoms with van der Waals surface area (Å²) in [5.41, 5.74) is 0. The number of oxazole rings is 1. The number of aromatic nitrogens is 1. The van der Waals surface area contributed by atoms with Crippen molar-refractivity contribution in [3.8, 4) is 0 Å². The van der Waals surface area contributed by atoms with E-state index < -0.39 is 29.5 Å². The Morgan fingerprint density at radius 1 is 1.50 bits per heavy atom. The lowest BCUT2D eigenvalue weighted by atomic mass is 9.86. The van der Waals surface area contributed by atoms with Crippen molar-refractivity contribution in [3.05, 3.63) is 23.9 Å². The van der Waals surface area contributed by atoms with Gasteiger partial charge in [-0.15, -0.1) is 0 Å². The first-order chi connectivity index (χ1) is 10.6. The molecule has 0 bridgehead atoms. The highest BCUT2D eigenvalue weighted by Gasteiger charge is 2.20. The summed E-state index contributed by atoms with van der Waals surface area (Å²) in [4.78, 5) is 8.82. The smallest absolute Gasteiger partial charge is 0.415 e. The van der Waals surface area contributed by atoms with E-state index in [1.165, 1.54) is 18.8 Å². The molecule has 1 saturated carbocycles. The van der Waals surface area contributed by atoms with Gasteiger partial charge in [-0.25, -0.2) is 4.39 Å².